The molecule has 0 aromatic heterocycles. The predicted molar refractivity (Wildman–Crippen MR) is 139 cm³/mol. The Morgan fingerprint density at radius 3 is 0.941 bits per heavy atom. The summed E-state index contributed by atoms with van der Waals surface area (Å²) in [5.41, 5.74) is 7.99. The van der Waals surface area contributed by atoms with Crippen molar-refractivity contribution in [1.82, 2.24) is 0 Å². The van der Waals surface area contributed by atoms with Gasteiger partial charge in [0.05, 0.1) is 0 Å². The Morgan fingerprint density at radius 2 is 0.676 bits per heavy atom. The SMILES string of the molecule is c1cc([C@H]2C[C@@H]3CC[C@H]2C3)c([C@H]2C[C@@H]3CC[C@H]2C3)c([C@H]2C[C@@H]3CC[C@H]2C3)c1[C@H]1C[C@@H]2CC[C@H]1C2. The molecule has 8 aliphatic rings. The quantitative estimate of drug-likeness (QED) is 0.425. The standard InChI is InChI=1S/C34H46/c1-5-23-11-19(1)15-29(23)27-9-10-28(30-16-20-2-6-24(30)12-20)34(32-18-22-4-8-26(32)14-22)33(27)31-17-21-3-7-25(31)13-21/h9-10,19-26,29-32H,1-8,11-18H2/t19-,20-,21-,22-,23+,24+,25+,26+,29+,30+,31+,32+/m1/s1. The van der Waals surface area contributed by atoms with E-state index in [1.54, 1.807) is 103 Å². The largest absolute Gasteiger partial charge is 0.0582 e. The van der Waals surface area contributed by atoms with Crippen LogP contribution in [0.15, 0.2) is 12.1 Å². The minimum Gasteiger partial charge on any atom is -0.0582 e. The highest BCUT2D eigenvalue weighted by molar-refractivity contribution is 5.51. The third kappa shape index (κ3) is 2.84. The molecule has 0 amide bonds. The second-order valence-corrected chi connectivity index (χ2v) is 15.2. The van der Waals surface area contributed by atoms with Crippen LogP contribution in [0, 0.1) is 47.3 Å². The summed E-state index contributed by atoms with van der Waals surface area (Å²) in [4.78, 5) is 0. The molecule has 8 fully saturated rings. The van der Waals surface area contributed by atoms with Gasteiger partial charge in [0, 0.05) is 0 Å². The van der Waals surface area contributed by atoms with E-state index in [4.69, 9.17) is 0 Å². The lowest BCUT2D eigenvalue weighted by molar-refractivity contribution is 0.370. The van der Waals surface area contributed by atoms with E-state index >= 15 is 0 Å². The van der Waals surface area contributed by atoms with Crippen LogP contribution in [0.5, 0.6) is 0 Å². The van der Waals surface area contributed by atoms with Crippen molar-refractivity contribution in [2.75, 3.05) is 0 Å². The van der Waals surface area contributed by atoms with E-state index in [1.807, 2.05) is 11.1 Å². The summed E-state index contributed by atoms with van der Waals surface area (Å²) in [5.74, 6) is 12.2. The van der Waals surface area contributed by atoms with E-state index in [0.29, 0.717) is 0 Å². The van der Waals surface area contributed by atoms with Gasteiger partial charge in [0.1, 0.15) is 0 Å². The van der Waals surface area contributed by atoms with Crippen LogP contribution < -0.4 is 0 Å². The van der Waals surface area contributed by atoms with E-state index in [9.17, 15) is 0 Å². The average Bonchev–Trinajstić information content (AvgIpc) is 3.73. The second kappa shape index (κ2) is 7.38. The molecule has 12 atom stereocenters. The highest BCUT2D eigenvalue weighted by atomic mass is 14.5. The van der Waals surface area contributed by atoms with E-state index < -0.39 is 0 Å². The Morgan fingerprint density at radius 1 is 0.353 bits per heavy atom. The summed E-state index contributed by atoms with van der Waals surface area (Å²) in [6, 6.07) is 5.59. The second-order valence-electron chi connectivity index (χ2n) is 15.2. The summed E-state index contributed by atoms with van der Waals surface area (Å²) in [7, 11) is 0. The maximum absolute atomic E-state index is 2.80. The van der Waals surface area contributed by atoms with Crippen molar-refractivity contribution in [3.05, 3.63) is 34.4 Å². The van der Waals surface area contributed by atoms with Gasteiger partial charge in [0.2, 0.25) is 0 Å². The Bertz CT molecular complexity index is 909. The molecule has 8 bridgehead atoms. The van der Waals surface area contributed by atoms with E-state index in [2.05, 4.69) is 23.3 Å². The topological polar surface area (TPSA) is 0 Å². The van der Waals surface area contributed by atoms with Crippen LogP contribution in [0.3, 0.4) is 0 Å². The fourth-order valence-corrected chi connectivity index (χ4v) is 12.6. The van der Waals surface area contributed by atoms with Gasteiger partial charge in [-0.3, -0.25) is 0 Å². The molecule has 9 rings (SSSR count). The first-order valence-corrected chi connectivity index (χ1v) is 15.9. The van der Waals surface area contributed by atoms with Crippen LogP contribution in [-0.2, 0) is 0 Å². The summed E-state index contributed by atoms with van der Waals surface area (Å²) < 4.78 is 0. The van der Waals surface area contributed by atoms with Crippen molar-refractivity contribution in [2.45, 2.75) is 126 Å². The fraction of sp³-hybridized carbons (Fsp3) is 0.824. The van der Waals surface area contributed by atoms with Gasteiger partial charge in [0.25, 0.3) is 0 Å². The van der Waals surface area contributed by atoms with Crippen LogP contribution in [0.2, 0.25) is 0 Å². The van der Waals surface area contributed by atoms with E-state index in [1.165, 1.54) is 0 Å². The lowest BCUT2D eigenvalue weighted by atomic mass is 9.66. The summed E-state index contributed by atoms with van der Waals surface area (Å²) in [6.45, 7) is 0. The van der Waals surface area contributed by atoms with Crippen molar-refractivity contribution in [3.8, 4) is 0 Å². The lowest BCUT2D eigenvalue weighted by Crippen LogP contribution is -2.24. The maximum atomic E-state index is 2.80. The first kappa shape index (κ1) is 20.3. The van der Waals surface area contributed by atoms with Crippen molar-refractivity contribution in [3.63, 3.8) is 0 Å². The third-order valence-corrected chi connectivity index (χ3v) is 13.8. The molecule has 8 saturated carbocycles. The van der Waals surface area contributed by atoms with Gasteiger partial charge in [-0.15, -0.1) is 0 Å². The maximum Gasteiger partial charge on any atom is -0.0125 e. The Labute approximate surface area is 208 Å². The van der Waals surface area contributed by atoms with Gasteiger partial charge in [-0.2, -0.15) is 0 Å². The third-order valence-electron chi connectivity index (χ3n) is 13.8. The van der Waals surface area contributed by atoms with Gasteiger partial charge < -0.3 is 0 Å². The van der Waals surface area contributed by atoms with Crippen molar-refractivity contribution in [1.29, 1.82) is 0 Å². The van der Waals surface area contributed by atoms with Crippen molar-refractivity contribution < 1.29 is 0 Å². The molecule has 0 radical (unpaired) electrons. The van der Waals surface area contributed by atoms with Gasteiger partial charge in [0.15, 0.2) is 0 Å². The molecule has 0 nitrogen and oxygen atoms in total. The molecule has 0 unspecified atom stereocenters. The average molecular weight is 455 g/mol. The van der Waals surface area contributed by atoms with Crippen molar-refractivity contribution >= 4 is 0 Å². The number of fused-ring (bicyclic) bond motifs is 8. The number of benzene rings is 1. The van der Waals surface area contributed by atoms with E-state index in [0.717, 1.165) is 71.0 Å². The highest BCUT2D eigenvalue weighted by Crippen LogP contribution is 2.64. The molecule has 1 aromatic rings. The minimum absolute atomic E-state index is 0.930. The van der Waals surface area contributed by atoms with Crippen LogP contribution in [0.1, 0.15) is 149 Å². The predicted octanol–water partition coefficient (Wildman–Crippen LogP) is 9.30. The van der Waals surface area contributed by atoms with Gasteiger partial charge in [-0.05, 0) is 170 Å². The molecule has 0 spiro atoms. The van der Waals surface area contributed by atoms with Crippen LogP contribution in [0.4, 0.5) is 0 Å². The minimum atomic E-state index is 0.930. The number of hydrogen-bond acceptors (Lipinski definition) is 0. The Balaban J connectivity index is 1.23. The molecule has 0 N–H and O–H groups in total. The Hall–Kier alpha value is -0.780. The van der Waals surface area contributed by atoms with Gasteiger partial charge in [-0.1, -0.05) is 37.8 Å². The van der Waals surface area contributed by atoms with Crippen LogP contribution in [0.25, 0.3) is 0 Å². The molecular weight excluding hydrogens is 408 g/mol. The zero-order chi connectivity index (χ0) is 22.0. The monoisotopic (exact) mass is 454 g/mol. The summed E-state index contributed by atoms with van der Waals surface area (Å²) in [5, 5.41) is 0. The number of hydrogen-bond donors (Lipinski definition) is 0. The lowest BCUT2D eigenvalue weighted by Gasteiger charge is -2.38. The molecule has 0 aliphatic heterocycles. The van der Waals surface area contributed by atoms with E-state index in [-0.39, 0.29) is 0 Å². The zero-order valence-electron chi connectivity index (χ0n) is 21.4. The number of rotatable bonds is 4. The first-order valence-electron chi connectivity index (χ1n) is 15.9. The molecule has 8 aliphatic carbocycles. The van der Waals surface area contributed by atoms with Crippen LogP contribution >= 0.6 is 0 Å². The van der Waals surface area contributed by atoms with Crippen LogP contribution in [-0.4, -0.2) is 0 Å². The summed E-state index contributed by atoms with van der Waals surface area (Å²) >= 11 is 0. The highest BCUT2D eigenvalue weighted by Gasteiger charge is 2.50. The fourth-order valence-electron chi connectivity index (χ4n) is 12.6. The normalized spacial score (nSPS) is 52.0. The van der Waals surface area contributed by atoms with Gasteiger partial charge in [-0.25, -0.2) is 0 Å². The van der Waals surface area contributed by atoms with Gasteiger partial charge >= 0.3 is 0 Å². The summed E-state index contributed by atoms with van der Waals surface area (Å²) in [6.07, 6.45) is 24.9. The molecule has 0 heteroatoms. The molecule has 0 saturated heterocycles. The molecule has 1 aromatic carbocycles. The smallest absolute Gasteiger partial charge is 0.0125 e. The molecule has 182 valence electrons. The first-order chi connectivity index (χ1) is 16.8. The zero-order valence-corrected chi connectivity index (χ0v) is 21.4. The molecular formula is C34H46. The Kier molecular flexibility index (Phi) is 4.41. The molecule has 34 heavy (non-hydrogen) atoms. The van der Waals surface area contributed by atoms with Crippen molar-refractivity contribution in [2.24, 2.45) is 47.3 Å². The molecule has 0 heterocycles.